The first-order chi connectivity index (χ1) is 8.89. The average Bonchev–Trinajstić information content (AvgIpc) is 2.66. The highest BCUT2D eigenvalue weighted by Crippen LogP contribution is 2.44. The summed E-state index contributed by atoms with van der Waals surface area (Å²) in [6, 6.07) is 0. The fourth-order valence-corrected chi connectivity index (χ4v) is 4.45. The molecule has 1 aliphatic rings. The van der Waals surface area contributed by atoms with Crippen molar-refractivity contribution in [3.05, 3.63) is 16.0 Å². The van der Waals surface area contributed by atoms with Crippen LogP contribution >= 0.6 is 23.1 Å². The fourth-order valence-electron chi connectivity index (χ4n) is 2.46. The van der Waals surface area contributed by atoms with Gasteiger partial charge in [-0.05, 0) is 30.6 Å². The third-order valence-electron chi connectivity index (χ3n) is 3.19. The number of esters is 1. The Balaban J connectivity index is 2.54. The summed E-state index contributed by atoms with van der Waals surface area (Å²) in [5.41, 5.74) is 1.58. The van der Waals surface area contributed by atoms with Gasteiger partial charge in [0, 0.05) is 12.0 Å². The van der Waals surface area contributed by atoms with E-state index in [1.807, 2.05) is 6.26 Å². The second kappa shape index (κ2) is 5.29. The first-order valence-corrected chi connectivity index (χ1v) is 8.33. The van der Waals surface area contributed by atoms with E-state index in [2.05, 4.69) is 13.8 Å². The van der Waals surface area contributed by atoms with Gasteiger partial charge in [0.2, 0.25) is 0 Å². The zero-order valence-corrected chi connectivity index (χ0v) is 13.3. The van der Waals surface area contributed by atoms with Gasteiger partial charge in [-0.25, -0.2) is 4.79 Å². The third-order valence-corrected chi connectivity index (χ3v) is 5.53. The monoisotopic (exact) mass is 298 g/mol. The van der Waals surface area contributed by atoms with Crippen molar-refractivity contribution in [2.45, 2.75) is 37.8 Å². The van der Waals surface area contributed by atoms with Gasteiger partial charge in [-0.3, -0.25) is 4.79 Å². The van der Waals surface area contributed by atoms with Gasteiger partial charge in [-0.1, -0.05) is 13.8 Å². The van der Waals surface area contributed by atoms with Crippen LogP contribution in [0.25, 0.3) is 0 Å². The van der Waals surface area contributed by atoms with E-state index in [1.165, 1.54) is 23.1 Å². The van der Waals surface area contributed by atoms with Crippen LogP contribution in [0.2, 0.25) is 0 Å². The summed E-state index contributed by atoms with van der Waals surface area (Å²) < 4.78 is 6.05. The van der Waals surface area contributed by atoms with E-state index < -0.39 is 0 Å². The highest BCUT2D eigenvalue weighted by atomic mass is 32.2. The van der Waals surface area contributed by atoms with Gasteiger partial charge in [0.25, 0.3) is 0 Å². The smallest absolute Gasteiger partial charge is 0.348 e. The standard InChI is InChI=1S/C14H18O3S2/c1-5-17-12(16)11-8-6-14(2,3)7-9(15)10(8)13(18-4)19-11/h5-7H2,1-4H3. The number of carbonyl (C=O) groups excluding carboxylic acids is 2. The van der Waals surface area contributed by atoms with Crippen LogP contribution in [0.15, 0.2) is 4.21 Å². The topological polar surface area (TPSA) is 43.4 Å². The van der Waals surface area contributed by atoms with Crippen LogP contribution in [0, 0.1) is 5.41 Å². The number of ether oxygens (including phenoxy) is 1. The molecule has 5 heteroatoms. The molecule has 0 aromatic carbocycles. The number of hydrogen-bond acceptors (Lipinski definition) is 5. The average molecular weight is 298 g/mol. The van der Waals surface area contributed by atoms with Crippen molar-refractivity contribution in [1.82, 2.24) is 0 Å². The molecule has 0 atom stereocenters. The molecule has 19 heavy (non-hydrogen) atoms. The lowest BCUT2D eigenvalue weighted by atomic mass is 9.74. The predicted molar refractivity (Wildman–Crippen MR) is 78.5 cm³/mol. The lowest BCUT2D eigenvalue weighted by molar-refractivity contribution is 0.0530. The SMILES string of the molecule is CCOC(=O)c1sc(SC)c2c1CC(C)(C)CC2=O. The summed E-state index contributed by atoms with van der Waals surface area (Å²) in [6.45, 7) is 6.29. The minimum absolute atomic E-state index is 0.0813. The van der Waals surface area contributed by atoms with Gasteiger partial charge in [0.05, 0.1) is 10.8 Å². The van der Waals surface area contributed by atoms with Crippen molar-refractivity contribution >= 4 is 34.9 Å². The van der Waals surface area contributed by atoms with Crippen LogP contribution < -0.4 is 0 Å². The molecule has 0 saturated carbocycles. The number of fused-ring (bicyclic) bond motifs is 1. The zero-order valence-electron chi connectivity index (χ0n) is 11.7. The molecule has 1 aromatic heterocycles. The summed E-state index contributed by atoms with van der Waals surface area (Å²) in [5.74, 6) is -0.142. The molecule has 0 saturated heterocycles. The van der Waals surface area contributed by atoms with Crippen molar-refractivity contribution in [2.24, 2.45) is 5.41 Å². The van der Waals surface area contributed by atoms with Gasteiger partial charge in [0.1, 0.15) is 4.88 Å². The van der Waals surface area contributed by atoms with Gasteiger partial charge in [0.15, 0.2) is 5.78 Å². The molecular formula is C14H18O3S2. The molecule has 2 rings (SSSR count). The normalized spacial score (nSPS) is 17.2. The van der Waals surface area contributed by atoms with Gasteiger partial charge < -0.3 is 4.74 Å². The Morgan fingerprint density at radius 3 is 2.68 bits per heavy atom. The number of thioether (sulfide) groups is 1. The zero-order chi connectivity index (χ0) is 14.2. The largest absolute Gasteiger partial charge is 0.462 e. The molecule has 1 aliphatic carbocycles. The van der Waals surface area contributed by atoms with E-state index in [0.717, 1.165) is 21.8 Å². The number of carbonyl (C=O) groups is 2. The molecule has 0 amide bonds. The molecule has 3 nitrogen and oxygen atoms in total. The van der Waals surface area contributed by atoms with Crippen LogP contribution in [-0.4, -0.2) is 24.6 Å². The molecular weight excluding hydrogens is 280 g/mol. The van der Waals surface area contributed by atoms with Crippen LogP contribution in [0.3, 0.4) is 0 Å². The van der Waals surface area contributed by atoms with Gasteiger partial charge in [-0.2, -0.15) is 0 Å². The summed E-state index contributed by atoms with van der Waals surface area (Å²) in [6.07, 6.45) is 3.25. The number of thiophene rings is 1. The first kappa shape index (κ1) is 14.6. The number of hydrogen-bond donors (Lipinski definition) is 0. The van der Waals surface area contributed by atoms with Crippen molar-refractivity contribution < 1.29 is 14.3 Å². The first-order valence-electron chi connectivity index (χ1n) is 6.29. The summed E-state index contributed by atoms with van der Waals surface area (Å²) >= 11 is 2.93. The third kappa shape index (κ3) is 2.72. The lowest BCUT2D eigenvalue weighted by Crippen LogP contribution is -2.27. The number of ketones is 1. The van der Waals surface area contributed by atoms with E-state index in [4.69, 9.17) is 4.74 Å². The Morgan fingerprint density at radius 2 is 2.11 bits per heavy atom. The van der Waals surface area contributed by atoms with E-state index in [0.29, 0.717) is 17.9 Å². The van der Waals surface area contributed by atoms with Crippen molar-refractivity contribution in [3.63, 3.8) is 0 Å². The van der Waals surface area contributed by atoms with E-state index in [-0.39, 0.29) is 17.2 Å². The molecule has 1 aromatic rings. The van der Waals surface area contributed by atoms with Crippen LogP contribution in [0.1, 0.15) is 52.8 Å². The Kier molecular flexibility index (Phi) is 4.06. The highest BCUT2D eigenvalue weighted by molar-refractivity contribution is 8.00. The lowest BCUT2D eigenvalue weighted by Gasteiger charge is -2.29. The Morgan fingerprint density at radius 1 is 1.42 bits per heavy atom. The maximum atomic E-state index is 12.3. The molecule has 104 valence electrons. The maximum absolute atomic E-state index is 12.3. The molecule has 0 fully saturated rings. The fraction of sp³-hybridized carbons (Fsp3) is 0.571. The molecule has 1 heterocycles. The minimum atomic E-state index is -0.297. The second-order valence-electron chi connectivity index (χ2n) is 5.44. The van der Waals surface area contributed by atoms with Crippen molar-refractivity contribution in [1.29, 1.82) is 0 Å². The minimum Gasteiger partial charge on any atom is -0.462 e. The van der Waals surface area contributed by atoms with Crippen molar-refractivity contribution in [3.8, 4) is 0 Å². The predicted octanol–water partition coefficient (Wildman–Crippen LogP) is 3.80. The highest BCUT2D eigenvalue weighted by Gasteiger charge is 2.37. The number of Topliss-reactive ketones (excluding diaryl/α,β-unsaturated/α-hetero) is 1. The van der Waals surface area contributed by atoms with Crippen LogP contribution in [0.5, 0.6) is 0 Å². The molecule has 0 N–H and O–H groups in total. The van der Waals surface area contributed by atoms with Gasteiger partial charge in [-0.15, -0.1) is 23.1 Å². The Bertz CT molecular complexity index is 529. The van der Waals surface area contributed by atoms with Crippen molar-refractivity contribution in [2.75, 3.05) is 12.9 Å². The quantitative estimate of drug-likeness (QED) is 0.629. The van der Waals surface area contributed by atoms with Crippen LogP contribution in [-0.2, 0) is 11.2 Å². The maximum Gasteiger partial charge on any atom is 0.348 e. The Hall–Kier alpha value is -0.810. The summed E-state index contributed by atoms with van der Waals surface area (Å²) in [4.78, 5) is 25.0. The second-order valence-corrected chi connectivity index (χ2v) is 7.53. The summed E-state index contributed by atoms with van der Waals surface area (Å²) in [7, 11) is 0. The molecule has 0 unspecified atom stereocenters. The van der Waals surface area contributed by atoms with Gasteiger partial charge >= 0.3 is 5.97 Å². The molecule has 0 spiro atoms. The Labute approximate surface area is 121 Å². The van der Waals surface area contributed by atoms with Crippen LogP contribution in [0.4, 0.5) is 0 Å². The van der Waals surface area contributed by atoms with E-state index >= 15 is 0 Å². The summed E-state index contributed by atoms with van der Waals surface area (Å²) in [5, 5.41) is 0. The molecule has 0 aliphatic heterocycles. The van der Waals surface area contributed by atoms with E-state index in [9.17, 15) is 9.59 Å². The van der Waals surface area contributed by atoms with E-state index in [1.54, 1.807) is 6.92 Å². The molecule has 0 radical (unpaired) electrons. The molecule has 0 bridgehead atoms. The number of rotatable bonds is 3.